The summed E-state index contributed by atoms with van der Waals surface area (Å²) in [7, 11) is 0. The van der Waals surface area contributed by atoms with Crippen molar-refractivity contribution in [3.63, 3.8) is 0 Å². The molecule has 0 saturated heterocycles. The fourth-order valence-electron chi connectivity index (χ4n) is 0.962. The second-order valence-corrected chi connectivity index (χ2v) is 4.11. The largest absolute Gasteiger partial charge is 0.344 e. The van der Waals surface area contributed by atoms with Crippen molar-refractivity contribution in [3.05, 3.63) is 34.5 Å². The van der Waals surface area contributed by atoms with Crippen molar-refractivity contribution in [3.8, 4) is 0 Å². The zero-order chi connectivity index (χ0) is 12.7. The van der Waals surface area contributed by atoms with Gasteiger partial charge in [0.15, 0.2) is 0 Å². The number of carbonyl (C=O) groups is 2. The van der Waals surface area contributed by atoms with Crippen LogP contribution in [-0.2, 0) is 9.59 Å². The predicted octanol–water partition coefficient (Wildman–Crippen LogP) is 0.809. The molecule has 0 bridgehead atoms. The van der Waals surface area contributed by atoms with E-state index in [-0.39, 0.29) is 6.54 Å². The Kier molecular flexibility index (Phi) is 5.09. The third-order valence-corrected chi connectivity index (χ3v) is 2.82. The van der Waals surface area contributed by atoms with Crippen molar-refractivity contribution in [2.75, 3.05) is 6.54 Å². The second kappa shape index (κ2) is 6.59. The van der Waals surface area contributed by atoms with Crippen molar-refractivity contribution >= 4 is 29.4 Å². The van der Waals surface area contributed by atoms with E-state index in [2.05, 4.69) is 22.4 Å². The summed E-state index contributed by atoms with van der Waals surface area (Å²) < 4.78 is 0. The minimum Gasteiger partial charge on any atom is -0.344 e. The van der Waals surface area contributed by atoms with Crippen LogP contribution in [0.4, 0.5) is 0 Å². The normalized spacial score (nSPS) is 10.2. The molecule has 0 fully saturated rings. The molecule has 90 valence electrons. The third kappa shape index (κ3) is 4.20. The Balaban J connectivity index is 2.43. The smallest absolute Gasteiger partial charge is 0.329 e. The molecule has 2 N–H and O–H groups in total. The number of nitrogens with one attached hydrogen (secondary N) is 2. The van der Waals surface area contributed by atoms with Crippen LogP contribution in [0.2, 0.25) is 0 Å². The number of hydrogen-bond donors (Lipinski definition) is 2. The maximum atomic E-state index is 11.2. The van der Waals surface area contributed by atoms with Crippen molar-refractivity contribution in [1.29, 1.82) is 0 Å². The molecule has 0 atom stereocenters. The summed E-state index contributed by atoms with van der Waals surface area (Å²) in [5, 5.41) is 7.98. The molecule has 0 radical (unpaired) electrons. The van der Waals surface area contributed by atoms with Crippen molar-refractivity contribution < 1.29 is 9.59 Å². The lowest BCUT2D eigenvalue weighted by Crippen LogP contribution is -2.37. The molecule has 0 unspecified atom stereocenters. The molecule has 0 saturated carbocycles. The molecule has 1 rings (SSSR count). The van der Waals surface area contributed by atoms with Crippen LogP contribution in [0.5, 0.6) is 0 Å². The van der Waals surface area contributed by atoms with Crippen molar-refractivity contribution in [2.24, 2.45) is 5.10 Å². The lowest BCUT2D eigenvalue weighted by molar-refractivity contribution is -0.139. The molecule has 5 nitrogen and oxygen atoms in total. The molecule has 0 aliphatic rings. The zero-order valence-corrected chi connectivity index (χ0v) is 10.2. The van der Waals surface area contributed by atoms with Crippen LogP contribution in [0.15, 0.2) is 29.2 Å². The van der Waals surface area contributed by atoms with E-state index in [0.29, 0.717) is 0 Å². The Hall–Kier alpha value is -1.95. The van der Waals surface area contributed by atoms with Gasteiger partial charge < -0.3 is 5.32 Å². The van der Waals surface area contributed by atoms with E-state index in [9.17, 15) is 9.59 Å². The monoisotopic (exact) mass is 251 g/mol. The minimum absolute atomic E-state index is 0.250. The summed E-state index contributed by atoms with van der Waals surface area (Å²) in [6.07, 6.45) is 3.00. The van der Waals surface area contributed by atoms with Crippen molar-refractivity contribution in [1.82, 2.24) is 10.7 Å². The van der Waals surface area contributed by atoms with E-state index < -0.39 is 11.8 Å². The maximum Gasteiger partial charge on any atom is 0.329 e. The molecular formula is C11H13N3O2S. The molecule has 6 heteroatoms. The number of aryl methyl sites for hydroxylation is 1. The Bertz CT molecular complexity index is 451. The summed E-state index contributed by atoms with van der Waals surface area (Å²) in [5.41, 5.74) is 3.22. The summed E-state index contributed by atoms with van der Waals surface area (Å²) in [6.45, 7) is 5.61. The maximum absolute atomic E-state index is 11.2. The first-order valence-corrected chi connectivity index (χ1v) is 5.79. The molecule has 1 aromatic rings. The van der Waals surface area contributed by atoms with Gasteiger partial charge in [0.1, 0.15) is 0 Å². The predicted molar refractivity (Wildman–Crippen MR) is 68.0 cm³/mol. The van der Waals surface area contributed by atoms with E-state index in [1.807, 2.05) is 18.4 Å². The molecule has 2 amide bonds. The van der Waals surface area contributed by atoms with Gasteiger partial charge in [0.2, 0.25) is 0 Å². The number of thiophene rings is 1. The highest BCUT2D eigenvalue weighted by molar-refractivity contribution is 7.11. The number of hydrazone groups is 1. The molecule has 17 heavy (non-hydrogen) atoms. The van der Waals surface area contributed by atoms with Gasteiger partial charge in [0.05, 0.1) is 6.21 Å². The molecule has 0 aliphatic heterocycles. The van der Waals surface area contributed by atoms with Gasteiger partial charge in [-0.2, -0.15) is 5.10 Å². The number of rotatable bonds is 4. The minimum atomic E-state index is -0.794. The van der Waals surface area contributed by atoms with Gasteiger partial charge in [-0.05, 0) is 23.9 Å². The highest BCUT2D eigenvalue weighted by Crippen LogP contribution is 2.12. The Morgan fingerprint density at radius 3 is 2.88 bits per heavy atom. The zero-order valence-electron chi connectivity index (χ0n) is 9.40. The first kappa shape index (κ1) is 13.1. The molecule has 0 spiro atoms. The lowest BCUT2D eigenvalue weighted by Gasteiger charge is -1.99. The summed E-state index contributed by atoms with van der Waals surface area (Å²) >= 11 is 1.51. The average molecular weight is 251 g/mol. The molecule has 1 heterocycles. The van der Waals surface area contributed by atoms with Crippen LogP contribution in [0.1, 0.15) is 10.4 Å². The van der Waals surface area contributed by atoms with E-state index in [1.54, 1.807) is 0 Å². The highest BCUT2D eigenvalue weighted by Gasteiger charge is 2.10. The van der Waals surface area contributed by atoms with Gasteiger partial charge in [0.25, 0.3) is 0 Å². The third-order valence-electron chi connectivity index (χ3n) is 1.86. The van der Waals surface area contributed by atoms with E-state index in [4.69, 9.17) is 0 Å². The first-order chi connectivity index (χ1) is 8.15. The van der Waals surface area contributed by atoms with Gasteiger partial charge in [0, 0.05) is 11.4 Å². The van der Waals surface area contributed by atoms with Crippen LogP contribution in [0.25, 0.3) is 0 Å². The van der Waals surface area contributed by atoms with Gasteiger partial charge >= 0.3 is 11.8 Å². The Labute approximate surface area is 103 Å². The number of carbonyl (C=O) groups excluding carboxylic acids is 2. The second-order valence-electron chi connectivity index (χ2n) is 3.17. The van der Waals surface area contributed by atoms with Gasteiger partial charge in [-0.15, -0.1) is 17.9 Å². The lowest BCUT2D eigenvalue weighted by atomic mass is 10.3. The fraction of sp³-hybridized carbons (Fsp3) is 0.182. The SMILES string of the molecule is C=CCNC(=O)C(=O)N/N=C/c1sccc1C. The Morgan fingerprint density at radius 2 is 2.29 bits per heavy atom. The van der Waals surface area contributed by atoms with Crippen LogP contribution < -0.4 is 10.7 Å². The molecule has 0 aromatic carbocycles. The van der Waals surface area contributed by atoms with Crippen LogP contribution in [0, 0.1) is 6.92 Å². The quantitative estimate of drug-likeness (QED) is 0.360. The van der Waals surface area contributed by atoms with Gasteiger partial charge in [-0.3, -0.25) is 9.59 Å². The van der Waals surface area contributed by atoms with Crippen LogP contribution >= 0.6 is 11.3 Å². The Morgan fingerprint density at radius 1 is 1.53 bits per heavy atom. The number of hydrogen-bond acceptors (Lipinski definition) is 4. The van der Waals surface area contributed by atoms with Crippen LogP contribution in [-0.4, -0.2) is 24.6 Å². The number of nitrogens with zero attached hydrogens (tertiary/aromatic N) is 1. The van der Waals surface area contributed by atoms with Gasteiger partial charge in [-0.1, -0.05) is 6.08 Å². The standard InChI is InChI=1S/C11H13N3O2S/c1-3-5-12-10(15)11(16)14-13-7-9-8(2)4-6-17-9/h3-4,6-7H,1,5H2,2H3,(H,12,15)(H,14,16)/b13-7+. The summed E-state index contributed by atoms with van der Waals surface area (Å²) in [4.78, 5) is 23.3. The first-order valence-electron chi connectivity index (χ1n) is 4.91. The van der Waals surface area contributed by atoms with Crippen molar-refractivity contribution in [2.45, 2.75) is 6.92 Å². The van der Waals surface area contributed by atoms with Crippen LogP contribution in [0.3, 0.4) is 0 Å². The van der Waals surface area contributed by atoms with Gasteiger partial charge in [-0.25, -0.2) is 5.43 Å². The van der Waals surface area contributed by atoms with E-state index in [0.717, 1.165) is 10.4 Å². The van der Waals surface area contributed by atoms with E-state index in [1.165, 1.54) is 23.6 Å². The summed E-state index contributed by atoms with van der Waals surface area (Å²) in [5.74, 6) is -1.53. The fourth-order valence-corrected chi connectivity index (χ4v) is 1.75. The van der Waals surface area contributed by atoms with E-state index >= 15 is 0 Å². The molecular weight excluding hydrogens is 238 g/mol. The molecule has 1 aromatic heterocycles. The molecule has 0 aliphatic carbocycles. The highest BCUT2D eigenvalue weighted by atomic mass is 32.1. The average Bonchev–Trinajstić information content (AvgIpc) is 2.72. The topological polar surface area (TPSA) is 70.6 Å². The summed E-state index contributed by atoms with van der Waals surface area (Å²) in [6, 6.07) is 1.95. The number of amides is 2.